The molecule has 0 aromatic rings. The second-order valence-electron chi connectivity index (χ2n) is 15.8. The monoisotopic (exact) mass is 1110 g/mol. The van der Waals surface area contributed by atoms with E-state index in [1.807, 2.05) is 0 Å². The predicted molar refractivity (Wildman–Crippen MR) is 294 cm³/mol. The van der Waals surface area contributed by atoms with Crippen molar-refractivity contribution in [3.05, 3.63) is 0 Å². The van der Waals surface area contributed by atoms with Crippen LogP contribution in [0.2, 0.25) is 0 Å². The smallest absolute Gasteiger partial charge is 0.245 e. The lowest BCUT2D eigenvalue weighted by atomic mass is 10.2. The van der Waals surface area contributed by atoms with Gasteiger partial charge in [0.1, 0.15) is 13.2 Å². The quantitative estimate of drug-likeness (QED) is 0.0478. The van der Waals surface area contributed by atoms with E-state index in [1.165, 1.54) is 0 Å². The van der Waals surface area contributed by atoms with Crippen LogP contribution in [0, 0.1) is 0 Å². The van der Waals surface area contributed by atoms with Crippen molar-refractivity contribution in [1.82, 2.24) is 31.9 Å². The summed E-state index contributed by atoms with van der Waals surface area (Å²) in [5.41, 5.74) is 0. The molecule has 0 rings (SSSR count). The van der Waals surface area contributed by atoms with Gasteiger partial charge in [-0.05, 0) is 77.0 Å². The van der Waals surface area contributed by atoms with E-state index in [9.17, 15) is 28.8 Å². The van der Waals surface area contributed by atoms with Crippen LogP contribution in [0.25, 0.3) is 0 Å². The molecule has 76 heavy (non-hydrogen) atoms. The first-order chi connectivity index (χ1) is 36.8. The highest BCUT2D eigenvalue weighted by Gasteiger charge is 2.01. The zero-order valence-electron chi connectivity index (χ0n) is 49.4. The Morgan fingerprint density at radius 1 is 0.224 bits per heavy atom. The minimum absolute atomic E-state index is 0.0249. The van der Waals surface area contributed by atoms with Crippen LogP contribution in [0.5, 0.6) is 0 Å². The summed E-state index contributed by atoms with van der Waals surface area (Å²) in [4.78, 5) is 64.3. The fourth-order valence-electron chi connectivity index (χ4n) is 4.83. The van der Waals surface area contributed by atoms with Gasteiger partial charge < -0.3 is 88.7 Å². The summed E-state index contributed by atoms with van der Waals surface area (Å²) >= 11 is 0. The molecule has 6 N–H and O–H groups in total. The van der Waals surface area contributed by atoms with Gasteiger partial charge in [0.15, 0.2) is 0 Å². The van der Waals surface area contributed by atoms with E-state index in [4.69, 9.17) is 56.8 Å². The topological polar surface area (TPSA) is 285 Å². The molecule has 0 atom stereocenters. The van der Waals surface area contributed by atoms with Crippen LogP contribution in [0.15, 0.2) is 0 Å². The summed E-state index contributed by atoms with van der Waals surface area (Å²) in [6.45, 7) is 10.9. The standard InChI is InChI=1S/C9H19NO4.4C9H19NO3.C7H15NO2/c1-10-9(11)8-14-5-3-4-13-7-6-12-2;1-10-9(11)5-3-7-13-8-4-6-12-2;1-10-9(11)5-8-13-7-4-3-6-12-2;1-10-9(11)5-3-4-6-13-8-7-12-2;1-10-9(11)8-13-7-5-3-4-6-12-2;1-8-7(9)5-3-4-6-10-2/h3-8H2,1-2H3,(H,10,11);4*3-8H2,1-2H3,(H,10,11);3-6H2,1-2H3,(H,8,9). The molecular weight excluding hydrogens is 997 g/mol. The van der Waals surface area contributed by atoms with Gasteiger partial charge in [0.25, 0.3) is 0 Å². The van der Waals surface area contributed by atoms with Crippen LogP contribution < -0.4 is 31.9 Å². The third kappa shape index (κ3) is 92.9. The Bertz CT molecular complexity index is 1080. The average Bonchev–Trinajstić information content (AvgIpc) is 3.44. The first-order valence-corrected chi connectivity index (χ1v) is 26.5. The van der Waals surface area contributed by atoms with Crippen LogP contribution in [0.4, 0.5) is 0 Å². The number of methoxy groups -OCH3 is 6. The third-order valence-corrected chi connectivity index (χ3v) is 9.35. The van der Waals surface area contributed by atoms with E-state index in [1.54, 1.807) is 84.9 Å². The molecule has 6 amide bonds. The minimum Gasteiger partial charge on any atom is -0.385 e. The van der Waals surface area contributed by atoms with Crippen LogP contribution in [-0.2, 0) is 85.6 Å². The van der Waals surface area contributed by atoms with Crippen molar-refractivity contribution in [2.75, 3.05) is 204 Å². The molecule has 0 aromatic heterocycles. The largest absolute Gasteiger partial charge is 0.385 e. The van der Waals surface area contributed by atoms with Crippen molar-refractivity contribution in [2.24, 2.45) is 0 Å². The maximum atomic E-state index is 10.8. The summed E-state index contributed by atoms with van der Waals surface area (Å²) < 4.78 is 60.2. The van der Waals surface area contributed by atoms with E-state index in [0.29, 0.717) is 105 Å². The third-order valence-electron chi connectivity index (χ3n) is 9.35. The lowest BCUT2D eigenvalue weighted by Crippen LogP contribution is -2.23. The highest BCUT2D eigenvalue weighted by molar-refractivity contribution is 5.77. The Labute approximate surface area is 458 Å². The molecule has 0 spiro atoms. The lowest BCUT2D eigenvalue weighted by Gasteiger charge is -2.04. The fourth-order valence-corrected chi connectivity index (χ4v) is 4.83. The molecule has 0 fully saturated rings. The molecule has 0 heterocycles. The number of carbonyl (C=O) groups is 6. The molecule has 24 heteroatoms. The zero-order valence-corrected chi connectivity index (χ0v) is 49.4. The molecule has 456 valence electrons. The zero-order chi connectivity index (χ0) is 58.2. The lowest BCUT2D eigenvalue weighted by molar-refractivity contribution is -0.126. The van der Waals surface area contributed by atoms with Crippen molar-refractivity contribution < 1.29 is 85.6 Å². The summed E-state index contributed by atoms with van der Waals surface area (Å²) in [7, 11) is 19.8. The van der Waals surface area contributed by atoms with E-state index in [-0.39, 0.29) is 48.7 Å². The average molecular weight is 1110 g/mol. The van der Waals surface area contributed by atoms with Crippen LogP contribution in [0.1, 0.15) is 103 Å². The normalized spacial score (nSPS) is 9.95. The Kier molecular flexibility index (Phi) is 88.3. The fraction of sp³-hybridized carbons (Fsp3) is 0.885. The second-order valence-corrected chi connectivity index (χ2v) is 15.8. The van der Waals surface area contributed by atoms with Crippen molar-refractivity contribution >= 4 is 35.4 Å². The van der Waals surface area contributed by atoms with Gasteiger partial charge in [0.2, 0.25) is 35.4 Å². The Hall–Kier alpha value is -3.66. The molecule has 0 radical (unpaired) electrons. The summed E-state index contributed by atoms with van der Waals surface area (Å²) in [6.07, 6.45) is 13.5. The van der Waals surface area contributed by atoms with Gasteiger partial charge in [-0.15, -0.1) is 0 Å². The first-order valence-electron chi connectivity index (χ1n) is 26.5. The van der Waals surface area contributed by atoms with Crippen LogP contribution >= 0.6 is 0 Å². The highest BCUT2D eigenvalue weighted by atomic mass is 16.5. The maximum Gasteiger partial charge on any atom is 0.245 e. The molecule has 0 aliphatic heterocycles. The summed E-state index contributed by atoms with van der Waals surface area (Å²) in [6, 6.07) is 0. The first kappa shape index (κ1) is 83.7. The van der Waals surface area contributed by atoms with Gasteiger partial charge in [0.05, 0.1) is 33.0 Å². The molecular formula is C52H110N6O18. The van der Waals surface area contributed by atoms with Gasteiger partial charge in [0, 0.05) is 183 Å². The Morgan fingerprint density at radius 2 is 0.474 bits per heavy atom. The van der Waals surface area contributed by atoms with Crippen molar-refractivity contribution in [3.63, 3.8) is 0 Å². The molecule has 0 saturated heterocycles. The number of hydrogen-bond acceptors (Lipinski definition) is 18. The summed E-state index contributed by atoms with van der Waals surface area (Å²) in [5.74, 6) is 0.118. The van der Waals surface area contributed by atoms with E-state index >= 15 is 0 Å². The van der Waals surface area contributed by atoms with Gasteiger partial charge in [-0.1, -0.05) is 0 Å². The second kappa shape index (κ2) is 80.2. The molecule has 0 saturated carbocycles. The number of amides is 6. The number of nitrogens with one attached hydrogen (secondary N) is 6. The van der Waals surface area contributed by atoms with Gasteiger partial charge in [-0.25, -0.2) is 0 Å². The maximum absolute atomic E-state index is 10.8. The number of hydrogen-bond donors (Lipinski definition) is 6. The molecule has 0 aromatic carbocycles. The predicted octanol–water partition coefficient (Wildman–Crippen LogP) is 2.61. The molecule has 0 unspecified atom stereocenters. The number of ether oxygens (including phenoxy) is 12. The Balaban J connectivity index is -0.000000194. The van der Waals surface area contributed by atoms with Crippen LogP contribution in [-0.4, -0.2) is 239 Å². The number of likely N-dealkylation sites (N-methyl/N-ethyl adjacent to an activating group) is 2. The van der Waals surface area contributed by atoms with Crippen molar-refractivity contribution in [3.8, 4) is 0 Å². The van der Waals surface area contributed by atoms with Gasteiger partial charge >= 0.3 is 0 Å². The molecule has 0 bridgehead atoms. The number of carbonyl (C=O) groups excluding carboxylic acids is 6. The Morgan fingerprint density at radius 3 is 0.895 bits per heavy atom. The van der Waals surface area contributed by atoms with Gasteiger partial charge in [-0.3, -0.25) is 28.8 Å². The van der Waals surface area contributed by atoms with Crippen molar-refractivity contribution in [1.29, 1.82) is 0 Å². The summed E-state index contributed by atoms with van der Waals surface area (Å²) in [5, 5.41) is 15.2. The van der Waals surface area contributed by atoms with E-state index in [0.717, 1.165) is 103 Å². The minimum atomic E-state index is -0.106. The number of rotatable bonds is 46. The molecule has 0 aliphatic carbocycles. The molecule has 0 aliphatic rings. The highest BCUT2D eigenvalue weighted by Crippen LogP contribution is 1.98. The van der Waals surface area contributed by atoms with Crippen molar-refractivity contribution in [2.45, 2.75) is 103 Å². The van der Waals surface area contributed by atoms with E-state index < -0.39 is 0 Å². The SMILES string of the molecule is CNC(=O)CCCCOC.CNC(=O)CCCCOCCOC.CNC(=O)CCCOCCCOC.CNC(=O)CCOCCCCOC.CNC(=O)COCCCCCOC.CNC(=O)COCCCOCCOC. The molecule has 24 nitrogen and oxygen atoms in total. The number of unbranched alkanes of at least 4 members (excludes halogenated alkanes) is 5. The van der Waals surface area contributed by atoms with Crippen LogP contribution in [0.3, 0.4) is 0 Å². The van der Waals surface area contributed by atoms with Gasteiger partial charge in [-0.2, -0.15) is 0 Å². The van der Waals surface area contributed by atoms with E-state index in [2.05, 4.69) is 31.9 Å².